The van der Waals surface area contributed by atoms with Crippen molar-refractivity contribution in [1.82, 2.24) is 4.90 Å². The number of amides is 1. The van der Waals surface area contributed by atoms with E-state index in [1.54, 1.807) is 20.8 Å². The maximum absolute atomic E-state index is 13.3. The molecule has 120 valence electrons. The third-order valence-electron chi connectivity index (χ3n) is 3.42. The van der Waals surface area contributed by atoms with Gasteiger partial charge < -0.3 is 9.64 Å². The monoisotopic (exact) mass is 311 g/mol. The molecule has 22 heavy (non-hydrogen) atoms. The van der Waals surface area contributed by atoms with Gasteiger partial charge in [-0.15, -0.1) is 0 Å². The molecule has 0 spiro atoms. The Bertz CT molecular complexity index is 596. The summed E-state index contributed by atoms with van der Waals surface area (Å²) >= 11 is 0. The molecule has 1 heterocycles. The molecule has 0 N–H and O–H groups in total. The van der Waals surface area contributed by atoms with Crippen molar-refractivity contribution in [3.63, 3.8) is 0 Å². The fraction of sp³-hybridized carbons (Fsp3) is 0.500. The number of ether oxygens (including phenoxy) is 1. The molecule has 0 unspecified atom stereocenters. The Balaban J connectivity index is 2.05. The number of Topliss-reactive ketones (excluding diaryl/α,β-unsaturated/α-hetero) is 1. The Morgan fingerprint density at radius 2 is 1.95 bits per heavy atom. The highest BCUT2D eigenvalue weighted by molar-refractivity contribution is 5.90. The zero-order valence-electron chi connectivity index (χ0n) is 12.9. The molecule has 1 atom stereocenters. The molecule has 0 saturated carbocycles. The molecule has 1 saturated heterocycles. The summed E-state index contributed by atoms with van der Waals surface area (Å²) in [5.74, 6) is -2.64. The number of carbonyl (C=O) groups is 2. The maximum atomic E-state index is 13.3. The van der Waals surface area contributed by atoms with Crippen LogP contribution in [0.15, 0.2) is 18.2 Å². The molecule has 6 heteroatoms. The minimum atomic E-state index is -0.972. The first-order valence-corrected chi connectivity index (χ1v) is 7.13. The standard InChI is InChI=1S/C16H19F2NO3/c1-16(2,3)22-15(21)19-7-6-11(14(20)9-19)10-4-5-12(17)13(18)8-10/h4-5,8,11H,6-7,9H2,1-3H3/t11-/m0/s1. The van der Waals surface area contributed by atoms with E-state index in [-0.39, 0.29) is 12.3 Å². The van der Waals surface area contributed by atoms with Gasteiger partial charge in [0.2, 0.25) is 0 Å². The molecule has 2 rings (SSSR count). The molecule has 0 bridgehead atoms. The highest BCUT2D eigenvalue weighted by Crippen LogP contribution is 2.27. The zero-order valence-corrected chi connectivity index (χ0v) is 12.9. The van der Waals surface area contributed by atoms with Gasteiger partial charge >= 0.3 is 6.09 Å². The number of benzene rings is 1. The molecule has 0 aliphatic carbocycles. The fourth-order valence-electron chi connectivity index (χ4n) is 2.39. The van der Waals surface area contributed by atoms with Gasteiger partial charge in [-0.2, -0.15) is 0 Å². The number of rotatable bonds is 1. The van der Waals surface area contributed by atoms with Crippen LogP contribution in [0.5, 0.6) is 0 Å². The predicted molar refractivity (Wildman–Crippen MR) is 76.5 cm³/mol. The molecule has 1 aromatic rings. The number of carbonyl (C=O) groups excluding carboxylic acids is 2. The molecule has 0 aromatic heterocycles. The average Bonchev–Trinajstić information content (AvgIpc) is 2.40. The second kappa shape index (κ2) is 6.02. The Morgan fingerprint density at radius 1 is 1.27 bits per heavy atom. The first-order chi connectivity index (χ1) is 10.2. The van der Waals surface area contributed by atoms with Crippen LogP contribution in [0.3, 0.4) is 0 Å². The largest absolute Gasteiger partial charge is 0.444 e. The number of hydrogen-bond acceptors (Lipinski definition) is 3. The van der Waals surface area contributed by atoms with E-state index in [9.17, 15) is 18.4 Å². The molecule has 1 aliphatic heterocycles. The van der Waals surface area contributed by atoms with E-state index in [0.717, 1.165) is 12.1 Å². The molecule has 0 radical (unpaired) electrons. The van der Waals surface area contributed by atoms with Crippen LogP contribution in [-0.2, 0) is 9.53 Å². The highest BCUT2D eigenvalue weighted by atomic mass is 19.2. The highest BCUT2D eigenvalue weighted by Gasteiger charge is 2.33. The Kier molecular flexibility index (Phi) is 4.49. The second-order valence-corrected chi connectivity index (χ2v) is 6.38. The van der Waals surface area contributed by atoms with Crippen molar-refractivity contribution >= 4 is 11.9 Å². The summed E-state index contributed by atoms with van der Waals surface area (Å²) in [5, 5.41) is 0. The lowest BCUT2D eigenvalue weighted by Gasteiger charge is -2.32. The number of nitrogens with zero attached hydrogens (tertiary/aromatic N) is 1. The number of likely N-dealkylation sites (tertiary alicyclic amines) is 1. The van der Waals surface area contributed by atoms with Crippen LogP contribution >= 0.6 is 0 Å². The van der Waals surface area contributed by atoms with Crippen molar-refractivity contribution < 1.29 is 23.1 Å². The fourth-order valence-corrected chi connectivity index (χ4v) is 2.39. The van der Waals surface area contributed by atoms with Gasteiger partial charge in [-0.25, -0.2) is 13.6 Å². The summed E-state index contributed by atoms with van der Waals surface area (Å²) in [7, 11) is 0. The van der Waals surface area contributed by atoms with Crippen LogP contribution in [0.4, 0.5) is 13.6 Å². The van der Waals surface area contributed by atoms with Crippen molar-refractivity contribution in [2.45, 2.75) is 38.7 Å². The summed E-state index contributed by atoms with van der Waals surface area (Å²) in [6.45, 7) is 5.51. The van der Waals surface area contributed by atoms with E-state index < -0.39 is 29.2 Å². The Labute approximate surface area is 128 Å². The van der Waals surface area contributed by atoms with Crippen LogP contribution in [0.25, 0.3) is 0 Å². The maximum Gasteiger partial charge on any atom is 0.410 e. The van der Waals surface area contributed by atoms with E-state index in [0.29, 0.717) is 18.5 Å². The van der Waals surface area contributed by atoms with Gasteiger partial charge in [0.1, 0.15) is 5.60 Å². The van der Waals surface area contributed by atoms with Crippen molar-refractivity contribution in [1.29, 1.82) is 0 Å². The van der Waals surface area contributed by atoms with E-state index in [2.05, 4.69) is 0 Å². The van der Waals surface area contributed by atoms with Gasteiger partial charge in [0, 0.05) is 12.5 Å². The van der Waals surface area contributed by atoms with Crippen molar-refractivity contribution in [3.05, 3.63) is 35.4 Å². The Hall–Kier alpha value is -1.98. The molecular formula is C16H19F2NO3. The summed E-state index contributed by atoms with van der Waals surface area (Å²) in [6, 6.07) is 3.46. The summed E-state index contributed by atoms with van der Waals surface area (Å²) in [4.78, 5) is 25.5. The molecule has 4 nitrogen and oxygen atoms in total. The average molecular weight is 311 g/mol. The van der Waals surface area contributed by atoms with Gasteiger partial charge in [-0.1, -0.05) is 6.07 Å². The SMILES string of the molecule is CC(C)(C)OC(=O)N1CC[C@@H](c2ccc(F)c(F)c2)C(=O)C1. The van der Waals surface area contributed by atoms with E-state index >= 15 is 0 Å². The number of ketones is 1. The molecule has 1 amide bonds. The van der Waals surface area contributed by atoms with Crippen LogP contribution in [0.2, 0.25) is 0 Å². The minimum absolute atomic E-state index is 0.0847. The van der Waals surface area contributed by atoms with Crippen molar-refractivity contribution in [2.75, 3.05) is 13.1 Å². The van der Waals surface area contributed by atoms with Crippen molar-refractivity contribution in [2.24, 2.45) is 0 Å². The topological polar surface area (TPSA) is 46.6 Å². The number of hydrogen-bond donors (Lipinski definition) is 0. The van der Waals surface area contributed by atoms with Gasteiger partial charge in [-0.05, 0) is 44.9 Å². The first kappa shape index (κ1) is 16.4. The van der Waals surface area contributed by atoms with Crippen LogP contribution < -0.4 is 0 Å². The van der Waals surface area contributed by atoms with E-state index in [4.69, 9.17) is 4.74 Å². The Morgan fingerprint density at radius 3 is 2.50 bits per heavy atom. The molecular weight excluding hydrogens is 292 g/mol. The number of halogens is 2. The smallest absolute Gasteiger partial charge is 0.410 e. The molecule has 1 fully saturated rings. The van der Waals surface area contributed by atoms with Crippen LogP contribution in [-0.4, -0.2) is 35.5 Å². The van der Waals surface area contributed by atoms with Crippen LogP contribution in [0, 0.1) is 11.6 Å². The number of piperidine rings is 1. The van der Waals surface area contributed by atoms with Gasteiger partial charge in [0.25, 0.3) is 0 Å². The summed E-state index contributed by atoms with van der Waals surface area (Å²) in [5.41, 5.74) is -0.190. The molecule has 1 aromatic carbocycles. The first-order valence-electron chi connectivity index (χ1n) is 7.13. The van der Waals surface area contributed by atoms with E-state index in [1.165, 1.54) is 11.0 Å². The minimum Gasteiger partial charge on any atom is -0.444 e. The van der Waals surface area contributed by atoms with Gasteiger partial charge in [-0.3, -0.25) is 4.79 Å². The van der Waals surface area contributed by atoms with Crippen LogP contribution in [0.1, 0.15) is 38.7 Å². The summed E-state index contributed by atoms with van der Waals surface area (Å²) < 4.78 is 31.5. The second-order valence-electron chi connectivity index (χ2n) is 6.38. The summed E-state index contributed by atoms with van der Waals surface area (Å²) in [6.07, 6.45) is -0.173. The third-order valence-corrected chi connectivity index (χ3v) is 3.42. The zero-order chi connectivity index (χ0) is 16.5. The van der Waals surface area contributed by atoms with E-state index in [1.807, 2.05) is 0 Å². The lowest BCUT2D eigenvalue weighted by molar-refractivity contribution is -0.123. The lowest BCUT2D eigenvalue weighted by atomic mass is 9.88. The normalized spacial score (nSPS) is 19.2. The van der Waals surface area contributed by atoms with Crippen molar-refractivity contribution in [3.8, 4) is 0 Å². The lowest BCUT2D eigenvalue weighted by Crippen LogP contribution is -2.45. The van der Waals surface area contributed by atoms with Gasteiger partial charge in [0.05, 0.1) is 6.54 Å². The predicted octanol–water partition coefficient (Wildman–Crippen LogP) is 3.26. The molecule has 1 aliphatic rings. The quantitative estimate of drug-likeness (QED) is 0.800. The third kappa shape index (κ3) is 3.81. The van der Waals surface area contributed by atoms with Gasteiger partial charge in [0.15, 0.2) is 17.4 Å².